The first-order valence-electron chi connectivity index (χ1n) is 6.34. The Kier molecular flexibility index (Phi) is 3.01. The summed E-state index contributed by atoms with van der Waals surface area (Å²) in [6.07, 6.45) is 7.29. The largest absolute Gasteiger partial charge is 0.359 e. The van der Waals surface area contributed by atoms with Gasteiger partial charge in [0, 0.05) is 17.5 Å². The fourth-order valence-corrected chi connectivity index (χ4v) is 2.94. The van der Waals surface area contributed by atoms with Gasteiger partial charge in [0.2, 0.25) is 0 Å². The van der Waals surface area contributed by atoms with Gasteiger partial charge in [-0.3, -0.25) is 4.79 Å². The van der Waals surface area contributed by atoms with Crippen molar-refractivity contribution in [3.05, 3.63) is 11.1 Å². The molecule has 1 aromatic rings. The number of hydrogen-bond acceptors (Lipinski definition) is 4. The average Bonchev–Trinajstić information content (AvgIpc) is 2.84. The number of thiazole rings is 1. The van der Waals surface area contributed by atoms with Gasteiger partial charge in [0.15, 0.2) is 5.13 Å². The smallest absolute Gasteiger partial charge is 0.271 e. The molecule has 0 aliphatic heterocycles. The number of hydrogen-bond donors (Lipinski definition) is 2. The average molecular weight is 251 g/mol. The van der Waals surface area contributed by atoms with Crippen LogP contribution in [0.2, 0.25) is 0 Å². The fraction of sp³-hybridized carbons (Fsp3) is 0.667. The molecule has 0 atom stereocenters. The fourth-order valence-electron chi connectivity index (χ4n) is 2.18. The summed E-state index contributed by atoms with van der Waals surface area (Å²) in [4.78, 5) is 16.1. The van der Waals surface area contributed by atoms with Gasteiger partial charge in [-0.25, -0.2) is 4.98 Å². The molecule has 4 nitrogen and oxygen atoms in total. The summed E-state index contributed by atoms with van der Waals surface area (Å²) in [5.74, 6) is -0.0248. The van der Waals surface area contributed by atoms with Crippen molar-refractivity contribution in [2.24, 2.45) is 0 Å². The minimum absolute atomic E-state index is 0.0248. The number of nitrogens with one attached hydrogen (secondary N) is 2. The highest BCUT2D eigenvalue weighted by Gasteiger charge is 2.25. The lowest BCUT2D eigenvalue weighted by molar-refractivity contribution is 0.0947. The second kappa shape index (κ2) is 4.64. The third-order valence-electron chi connectivity index (χ3n) is 3.33. The van der Waals surface area contributed by atoms with E-state index in [-0.39, 0.29) is 5.91 Å². The Bertz CT molecular complexity index is 408. The van der Waals surface area contributed by atoms with E-state index in [0.29, 0.717) is 17.8 Å². The molecule has 0 saturated heterocycles. The number of aromatic nitrogens is 1. The first kappa shape index (κ1) is 11.0. The predicted molar refractivity (Wildman–Crippen MR) is 68.5 cm³/mol. The topological polar surface area (TPSA) is 54.0 Å². The van der Waals surface area contributed by atoms with Crippen LogP contribution in [0.4, 0.5) is 5.13 Å². The zero-order valence-electron chi connectivity index (χ0n) is 9.74. The molecule has 1 aromatic heterocycles. The third-order valence-corrected chi connectivity index (χ3v) is 4.11. The molecule has 2 saturated carbocycles. The van der Waals surface area contributed by atoms with E-state index in [2.05, 4.69) is 15.6 Å². The number of amides is 1. The molecule has 0 bridgehead atoms. The van der Waals surface area contributed by atoms with Crippen molar-refractivity contribution in [1.29, 1.82) is 0 Å². The maximum atomic E-state index is 11.8. The van der Waals surface area contributed by atoms with Crippen molar-refractivity contribution in [3.63, 3.8) is 0 Å². The Morgan fingerprint density at radius 2 is 2.00 bits per heavy atom. The summed E-state index contributed by atoms with van der Waals surface area (Å²) in [7, 11) is 0. The Morgan fingerprint density at radius 3 is 2.71 bits per heavy atom. The number of nitrogens with zero attached hydrogens (tertiary/aromatic N) is 1. The van der Waals surface area contributed by atoms with Gasteiger partial charge in [-0.1, -0.05) is 12.8 Å². The van der Waals surface area contributed by atoms with Crippen molar-refractivity contribution >= 4 is 22.4 Å². The van der Waals surface area contributed by atoms with Crippen LogP contribution in [0.3, 0.4) is 0 Å². The summed E-state index contributed by atoms with van der Waals surface area (Å²) in [6.45, 7) is 0. The van der Waals surface area contributed by atoms with Crippen molar-refractivity contribution in [1.82, 2.24) is 10.3 Å². The molecule has 2 N–H and O–H groups in total. The summed E-state index contributed by atoms with van der Waals surface area (Å²) < 4.78 is 0. The van der Waals surface area contributed by atoms with Crippen LogP contribution in [-0.4, -0.2) is 23.0 Å². The highest BCUT2D eigenvalue weighted by atomic mass is 32.1. The quantitative estimate of drug-likeness (QED) is 0.864. The predicted octanol–water partition coefficient (Wildman–Crippen LogP) is 2.39. The van der Waals surface area contributed by atoms with Crippen LogP contribution in [0.5, 0.6) is 0 Å². The first-order valence-corrected chi connectivity index (χ1v) is 7.22. The minimum atomic E-state index is -0.0248. The Labute approximate surface area is 105 Å². The molecular weight excluding hydrogens is 234 g/mol. The van der Waals surface area contributed by atoms with Gasteiger partial charge in [-0.05, 0) is 25.7 Å². The molecule has 0 radical (unpaired) electrons. The van der Waals surface area contributed by atoms with E-state index in [1.807, 2.05) is 5.38 Å². The van der Waals surface area contributed by atoms with E-state index < -0.39 is 0 Å². The molecule has 0 aromatic carbocycles. The number of rotatable bonds is 4. The third kappa shape index (κ3) is 2.77. The van der Waals surface area contributed by atoms with Crippen LogP contribution in [0.1, 0.15) is 49.0 Å². The Balaban J connectivity index is 1.58. The summed E-state index contributed by atoms with van der Waals surface area (Å²) >= 11 is 1.53. The highest BCUT2D eigenvalue weighted by molar-refractivity contribution is 7.13. The number of anilines is 1. The molecule has 2 aliphatic rings. The van der Waals surface area contributed by atoms with E-state index in [1.54, 1.807) is 0 Å². The SMILES string of the molecule is O=C(NC1CC1)c1csc(NC2CCCC2)n1. The van der Waals surface area contributed by atoms with E-state index in [4.69, 9.17) is 0 Å². The second-order valence-corrected chi connectivity index (χ2v) is 5.77. The van der Waals surface area contributed by atoms with Crippen molar-refractivity contribution in [2.45, 2.75) is 50.6 Å². The van der Waals surface area contributed by atoms with Gasteiger partial charge in [0.05, 0.1) is 0 Å². The molecule has 1 heterocycles. The van der Waals surface area contributed by atoms with Crippen LogP contribution in [-0.2, 0) is 0 Å². The monoisotopic (exact) mass is 251 g/mol. The normalized spacial score (nSPS) is 20.5. The number of carbonyl (C=O) groups excluding carboxylic acids is 1. The molecular formula is C12H17N3OS. The van der Waals surface area contributed by atoms with Crippen molar-refractivity contribution < 1.29 is 4.79 Å². The van der Waals surface area contributed by atoms with Gasteiger partial charge in [-0.15, -0.1) is 11.3 Å². The molecule has 5 heteroatoms. The Hall–Kier alpha value is -1.10. The molecule has 0 unspecified atom stereocenters. The first-order chi connectivity index (χ1) is 8.31. The molecule has 2 aliphatic carbocycles. The maximum absolute atomic E-state index is 11.8. The number of carbonyl (C=O) groups is 1. The van der Waals surface area contributed by atoms with Gasteiger partial charge in [0.25, 0.3) is 5.91 Å². The van der Waals surface area contributed by atoms with Gasteiger partial charge in [0.1, 0.15) is 5.69 Å². The van der Waals surface area contributed by atoms with Crippen LogP contribution in [0, 0.1) is 0 Å². The van der Waals surface area contributed by atoms with E-state index in [9.17, 15) is 4.79 Å². The van der Waals surface area contributed by atoms with E-state index in [1.165, 1.54) is 37.0 Å². The van der Waals surface area contributed by atoms with Crippen LogP contribution >= 0.6 is 11.3 Å². The molecule has 1 amide bonds. The maximum Gasteiger partial charge on any atom is 0.271 e. The Morgan fingerprint density at radius 1 is 1.24 bits per heavy atom. The summed E-state index contributed by atoms with van der Waals surface area (Å²) in [6, 6.07) is 0.955. The van der Waals surface area contributed by atoms with Crippen LogP contribution < -0.4 is 10.6 Å². The molecule has 3 rings (SSSR count). The van der Waals surface area contributed by atoms with Crippen molar-refractivity contribution in [2.75, 3.05) is 5.32 Å². The zero-order chi connectivity index (χ0) is 11.7. The van der Waals surface area contributed by atoms with E-state index >= 15 is 0 Å². The highest BCUT2D eigenvalue weighted by Crippen LogP contribution is 2.25. The zero-order valence-corrected chi connectivity index (χ0v) is 10.6. The summed E-state index contributed by atoms with van der Waals surface area (Å²) in [5, 5.41) is 9.10. The summed E-state index contributed by atoms with van der Waals surface area (Å²) in [5.41, 5.74) is 0.558. The standard InChI is InChI=1S/C12H17N3OS/c16-11(13-9-5-6-9)10-7-17-12(15-10)14-8-3-1-2-4-8/h7-9H,1-6H2,(H,13,16)(H,14,15). The lowest BCUT2D eigenvalue weighted by Gasteiger charge is -2.09. The molecule has 2 fully saturated rings. The molecule has 92 valence electrons. The van der Waals surface area contributed by atoms with Gasteiger partial charge < -0.3 is 10.6 Å². The van der Waals surface area contributed by atoms with Gasteiger partial charge in [-0.2, -0.15) is 0 Å². The molecule has 17 heavy (non-hydrogen) atoms. The lowest BCUT2D eigenvalue weighted by Crippen LogP contribution is -2.25. The molecule has 0 spiro atoms. The van der Waals surface area contributed by atoms with Gasteiger partial charge >= 0.3 is 0 Å². The van der Waals surface area contributed by atoms with Crippen LogP contribution in [0.15, 0.2) is 5.38 Å². The minimum Gasteiger partial charge on any atom is -0.359 e. The second-order valence-electron chi connectivity index (χ2n) is 4.91. The van der Waals surface area contributed by atoms with Crippen LogP contribution in [0.25, 0.3) is 0 Å². The van der Waals surface area contributed by atoms with Crippen molar-refractivity contribution in [3.8, 4) is 0 Å². The van der Waals surface area contributed by atoms with E-state index in [0.717, 1.165) is 18.0 Å². The lowest BCUT2D eigenvalue weighted by atomic mass is 10.3.